The maximum atomic E-state index is 12.5. The predicted molar refractivity (Wildman–Crippen MR) is 347 cm³/mol. The summed E-state index contributed by atoms with van der Waals surface area (Å²) in [6, 6.07) is -0.641. The average molecular weight is 1110 g/mol. The smallest absolute Gasteiger partial charge is 0.305 e. The largest absolute Gasteiger partial charge is 0.466 e. The Bertz CT molecular complexity index is 1320. The summed E-state index contributed by atoms with van der Waals surface area (Å²) in [5, 5.41) is 23.3. The van der Waals surface area contributed by atoms with Gasteiger partial charge in [0.1, 0.15) is 0 Å². The number of aliphatic hydroxyl groups excluding tert-OH is 2. The number of esters is 1. The Kier molecular flexibility index (Phi) is 66.4. The molecule has 0 aliphatic rings. The van der Waals surface area contributed by atoms with Gasteiger partial charge < -0.3 is 20.3 Å². The minimum Gasteiger partial charge on any atom is -0.466 e. The molecule has 0 aromatic rings. The molecule has 2 unspecified atom stereocenters. The van der Waals surface area contributed by atoms with Crippen LogP contribution in [0.15, 0.2) is 48.6 Å². The Balaban J connectivity index is 3.46. The number of carbonyl (C=O) groups excluding carboxylic acids is 2. The number of hydrogen-bond donors (Lipinski definition) is 3. The van der Waals surface area contributed by atoms with Crippen LogP contribution in [0.3, 0.4) is 0 Å². The molecule has 0 saturated carbocycles. The van der Waals surface area contributed by atoms with Gasteiger partial charge in [-0.2, -0.15) is 0 Å². The summed E-state index contributed by atoms with van der Waals surface area (Å²) >= 11 is 0. The number of rotatable bonds is 66. The summed E-state index contributed by atoms with van der Waals surface area (Å²) in [4.78, 5) is 24.6. The number of hydrogen-bond acceptors (Lipinski definition) is 5. The van der Waals surface area contributed by atoms with Gasteiger partial charge in [-0.25, -0.2) is 0 Å². The van der Waals surface area contributed by atoms with Crippen molar-refractivity contribution in [2.45, 2.75) is 392 Å². The number of amides is 1. The summed E-state index contributed by atoms with van der Waals surface area (Å²) in [6.07, 6.45) is 88.9. The molecular weight excluding hydrogens is 971 g/mol. The van der Waals surface area contributed by atoms with Gasteiger partial charge in [0.05, 0.1) is 25.4 Å². The van der Waals surface area contributed by atoms with Gasteiger partial charge in [-0.05, 0) is 89.9 Å². The number of carbonyl (C=O) groups is 2. The van der Waals surface area contributed by atoms with Crippen molar-refractivity contribution in [1.29, 1.82) is 0 Å². The van der Waals surface area contributed by atoms with E-state index in [0.717, 1.165) is 64.2 Å². The van der Waals surface area contributed by atoms with Crippen LogP contribution >= 0.6 is 0 Å². The number of unbranched alkanes of at least 4 members (excludes halogenated alkanes) is 49. The van der Waals surface area contributed by atoms with Gasteiger partial charge in [-0.15, -0.1) is 0 Å². The van der Waals surface area contributed by atoms with Crippen molar-refractivity contribution in [1.82, 2.24) is 5.32 Å². The van der Waals surface area contributed by atoms with E-state index in [1.165, 1.54) is 289 Å². The molecule has 0 saturated heterocycles. The van der Waals surface area contributed by atoms with E-state index in [9.17, 15) is 19.8 Å². The highest BCUT2D eigenvalue weighted by Gasteiger charge is 2.18. The van der Waals surface area contributed by atoms with Crippen LogP contribution < -0.4 is 5.32 Å². The molecular formula is C73H137NO5. The topological polar surface area (TPSA) is 95.9 Å². The van der Waals surface area contributed by atoms with E-state index in [4.69, 9.17) is 4.74 Å². The van der Waals surface area contributed by atoms with Gasteiger partial charge in [0.2, 0.25) is 5.91 Å². The summed E-state index contributed by atoms with van der Waals surface area (Å²) in [5.41, 5.74) is 0. The van der Waals surface area contributed by atoms with Crippen LogP contribution in [-0.2, 0) is 14.3 Å². The summed E-state index contributed by atoms with van der Waals surface area (Å²) in [5.74, 6) is -0.0802. The number of nitrogens with one attached hydrogen (secondary N) is 1. The van der Waals surface area contributed by atoms with Gasteiger partial charge in [0.25, 0.3) is 0 Å². The maximum Gasteiger partial charge on any atom is 0.305 e. The molecule has 0 fully saturated rings. The molecule has 6 nitrogen and oxygen atoms in total. The average Bonchev–Trinajstić information content (AvgIpc) is 3.45. The Labute approximate surface area is 493 Å². The first kappa shape index (κ1) is 76.8. The highest BCUT2D eigenvalue weighted by molar-refractivity contribution is 5.76. The van der Waals surface area contributed by atoms with Crippen LogP contribution in [0.4, 0.5) is 0 Å². The zero-order chi connectivity index (χ0) is 57.1. The first-order chi connectivity index (χ1) is 39.0. The van der Waals surface area contributed by atoms with E-state index in [1.54, 1.807) is 6.08 Å². The van der Waals surface area contributed by atoms with Gasteiger partial charge in [-0.1, -0.05) is 326 Å². The van der Waals surface area contributed by atoms with Crippen molar-refractivity contribution in [2.75, 3.05) is 13.2 Å². The molecule has 6 heteroatoms. The van der Waals surface area contributed by atoms with E-state index in [-0.39, 0.29) is 18.5 Å². The summed E-state index contributed by atoms with van der Waals surface area (Å²) in [6.45, 7) is 4.89. The number of aliphatic hydroxyl groups is 2. The molecule has 79 heavy (non-hydrogen) atoms. The fourth-order valence-corrected chi connectivity index (χ4v) is 10.9. The lowest BCUT2D eigenvalue weighted by Crippen LogP contribution is -2.45. The molecule has 3 N–H and O–H groups in total. The Hall–Kier alpha value is -2.18. The van der Waals surface area contributed by atoms with Crippen LogP contribution in [0.1, 0.15) is 380 Å². The van der Waals surface area contributed by atoms with Crippen LogP contribution in [0.5, 0.6) is 0 Å². The fourth-order valence-electron chi connectivity index (χ4n) is 10.9. The SMILES string of the molecule is CCCCC/C=C\C/C=C\CCCCCCCCCCCC(=O)OCCCCCCCCCCC/C=C\CCCCCCCC(=O)NC(CO)C(O)/C=C/CCCCCCCCCCCCCCCCCCCCCCCCC. The van der Waals surface area contributed by atoms with E-state index in [1.807, 2.05) is 6.08 Å². The minimum atomic E-state index is -0.856. The molecule has 0 rings (SSSR count). The van der Waals surface area contributed by atoms with Crippen molar-refractivity contribution < 1.29 is 24.5 Å². The lowest BCUT2D eigenvalue weighted by Gasteiger charge is -2.20. The predicted octanol–water partition coefficient (Wildman–Crippen LogP) is 22.9. The van der Waals surface area contributed by atoms with Crippen molar-refractivity contribution in [3.63, 3.8) is 0 Å². The van der Waals surface area contributed by atoms with Crippen molar-refractivity contribution in [2.24, 2.45) is 0 Å². The van der Waals surface area contributed by atoms with Crippen molar-refractivity contribution in [3.05, 3.63) is 48.6 Å². The summed E-state index contributed by atoms with van der Waals surface area (Å²) < 4.78 is 5.50. The molecule has 0 spiro atoms. The van der Waals surface area contributed by atoms with Crippen LogP contribution in [0.2, 0.25) is 0 Å². The van der Waals surface area contributed by atoms with E-state index >= 15 is 0 Å². The Morgan fingerprint density at radius 3 is 1.00 bits per heavy atom. The molecule has 0 aliphatic heterocycles. The molecule has 0 aromatic carbocycles. The molecule has 1 amide bonds. The fraction of sp³-hybridized carbons (Fsp3) is 0.863. The number of ether oxygens (including phenoxy) is 1. The Morgan fingerprint density at radius 2 is 0.633 bits per heavy atom. The van der Waals surface area contributed by atoms with Crippen LogP contribution in [0, 0.1) is 0 Å². The second-order valence-corrected chi connectivity index (χ2v) is 24.2. The monoisotopic (exact) mass is 1110 g/mol. The quantitative estimate of drug-likeness (QED) is 0.0320. The van der Waals surface area contributed by atoms with Crippen molar-refractivity contribution >= 4 is 11.9 Å². The minimum absolute atomic E-state index is 0.00115. The second-order valence-electron chi connectivity index (χ2n) is 24.2. The lowest BCUT2D eigenvalue weighted by atomic mass is 10.0. The highest BCUT2D eigenvalue weighted by atomic mass is 16.5. The van der Waals surface area contributed by atoms with E-state index in [2.05, 4.69) is 55.6 Å². The third kappa shape index (κ3) is 64.8. The molecule has 2 atom stereocenters. The van der Waals surface area contributed by atoms with E-state index < -0.39 is 12.1 Å². The van der Waals surface area contributed by atoms with Gasteiger partial charge in [0.15, 0.2) is 0 Å². The maximum absolute atomic E-state index is 12.5. The van der Waals surface area contributed by atoms with Crippen LogP contribution in [-0.4, -0.2) is 47.4 Å². The zero-order valence-electron chi connectivity index (χ0n) is 53.1. The van der Waals surface area contributed by atoms with Gasteiger partial charge in [-0.3, -0.25) is 9.59 Å². The van der Waals surface area contributed by atoms with Crippen LogP contribution in [0.25, 0.3) is 0 Å². The molecule has 0 radical (unpaired) electrons. The molecule has 0 aromatic heterocycles. The van der Waals surface area contributed by atoms with E-state index in [0.29, 0.717) is 19.4 Å². The Morgan fingerprint density at radius 1 is 0.354 bits per heavy atom. The summed E-state index contributed by atoms with van der Waals surface area (Å²) in [7, 11) is 0. The molecule has 464 valence electrons. The third-order valence-corrected chi connectivity index (χ3v) is 16.3. The molecule has 0 aliphatic carbocycles. The molecule has 0 bridgehead atoms. The third-order valence-electron chi connectivity index (χ3n) is 16.3. The normalized spacial score (nSPS) is 12.8. The lowest BCUT2D eigenvalue weighted by molar-refractivity contribution is -0.143. The zero-order valence-corrected chi connectivity index (χ0v) is 53.1. The first-order valence-electron chi connectivity index (χ1n) is 35.4. The second kappa shape index (κ2) is 68.3. The molecule has 0 heterocycles. The van der Waals surface area contributed by atoms with Crippen molar-refractivity contribution in [3.8, 4) is 0 Å². The highest BCUT2D eigenvalue weighted by Crippen LogP contribution is 2.18. The standard InChI is InChI=1S/C73H137NO5/c1-3-5-7-9-11-13-15-17-19-21-23-24-25-26-27-28-30-33-37-41-45-49-53-57-61-65-71(76)70(69-75)74-72(77)66-62-58-54-50-46-42-38-34-31-32-36-40-44-48-52-56-60-64-68-79-73(78)67-63-59-55-51-47-43-39-35-29-22-20-18-16-14-12-10-8-6-4-2/h12,14,18,20,34,38,61,65,70-71,75-76H,3-11,13,15-17,19,21-33,35-37,39-60,62-64,66-69H2,1-2H3,(H,74,77)/b14-12-,20-18-,38-34-,65-61+. The first-order valence-corrected chi connectivity index (χ1v) is 35.4. The van der Waals surface area contributed by atoms with Gasteiger partial charge in [0, 0.05) is 12.8 Å². The number of allylic oxidation sites excluding steroid dienone is 7. The van der Waals surface area contributed by atoms with Gasteiger partial charge >= 0.3 is 5.97 Å².